The molecule has 1 aromatic carbocycles. The monoisotopic (exact) mass is 338 g/mol. The first-order chi connectivity index (χ1) is 7.04. The first-order valence-corrected chi connectivity index (χ1v) is 5.93. The fourth-order valence-corrected chi connectivity index (χ4v) is 2.15. The third-order valence-electron chi connectivity index (χ3n) is 1.94. The standard InChI is InChI=1S/C10H12ClIN2O/c1-6(10(15)13-2)14-9-4-3-7(11)5-8(9)12/h3-6,14H,1-2H3,(H,13,15). The Balaban J connectivity index is 2.76. The number of rotatable bonds is 3. The van der Waals surface area contributed by atoms with Gasteiger partial charge < -0.3 is 10.6 Å². The minimum atomic E-state index is -0.260. The van der Waals surface area contributed by atoms with Crippen LogP contribution in [-0.2, 0) is 4.79 Å². The SMILES string of the molecule is CNC(=O)C(C)Nc1ccc(Cl)cc1I. The van der Waals surface area contributed by atoms with Gasteiger partial charge in [-0.1, -0.05) is 11.6 Å². The van der Waals surface area contributed by atoms with Crippen LogP contribution in [0.3, 0.4) is 0 Å². The van der Waals surface area contributed by atoms with E-state index in [-0.39, 0.29) is 11.9 Å². The molecule has 1 rings (SSSR count). The zero-order valence-electron chi connectivity index (χ0n) is 8.47. The second-order valence-electron chi connectivity index (χ2n) is 3.10. The van der Waals surface area contributed by atoms with Gasteiger partial charge in [-0.25, -0.2) is 0 Å². The Morgan fingerprint density at radius 2 is 2.20 bits per heavy atom. The van der Waals surface area contributed by atoms with Crippen molar-refractivity contribution in [1.82, 2.24) is 5.32 Å². The molecule has 1 unspecified atom stereocenters. The number of carbonyl (C=O) groups excluding carboxylic acids is 1. The van der Waals surface area contributed by atoms with Crippen molar-refractivity contribution in [2.24, 2.45) is 0 Å². The molecule has 0 saturated heterocycles. The topological polar surface area (TPSA) is 41.1 Å². The van der Waals surface area contributed by atoms with Crippen molar-refractivity contribution < 1.29 is 4.79 Å². The lowest BCUT2D eigenvalue weighted by molar-refractivity contribution is -0.121. The Labute approximate surface area is 108 Å². The van der Waals surface area contributed by atoms with Crippen LogP contribution >= 0.6 is 34.2 Å². The maximum Gasteiger partial charge on any atom is 0.241 e. The van der Waals surface area contributed by atoms with Gasteiger partial charge >= 0.3 is 0 Å². The molecule has 1 amide bonds. The highest BCUT2D eigenvalue weighted by atomic mass is 127. The van der Waals surface area contributed by atoms with E-state index in [1.54, 1.807) is 13.1 Å². The van der Waals surface area contributed by atoms with Crippen molar-refractivity contribution in [3.63, 3.8) is 0 Å². The summed E-state index contributed by atoms with van der Waals surface area (Å²) < 4.78 is 0.996. The molecular formula is C10H12ClIN2O. The van der Waals surface area contributed by atoms with Crippen LogP contribution < -0.4 is 10.6 Å². The Morgan fingerprint density at radius 3 is 2.73 bits per heavy atom. The average molecular weight is 339 g/mol. The summed E-state index contributed by atoms with van der Waals surface area (Å²) in [7, 11) is 1.62. The summed E-state index contributed by atoms with van der Waals surface area (Å²) in [5.74, 6) is -0.0410. The van der Waals surface area contributed by atoms with Crippen molar-refractivity contribution in [2.75, 3.05) is 12.4 Å². The maximum atomic E-state index is 11.3. The van der Waals surface area contributed by atoms with E-state index in [4.69, 9.17) is 11.6 Å². The average Bonchev–Trinajstić information content (AvgIpc) is 2.20. The zero-order valence-corrected chi connectivity index (χ0v) is 11.4. The van der Waals surface area contributed by atoms with Gasteiger partial charge in [0.15, 0.2) is 0 Å². The number of likely N-dealkylation sites (N-methyl/N-ethyl adjacent to an activating group) is 1. The van der Waals surface area contributed by atoms with Crippen molar-refractivity contribution >= 4 is 45.8 Å². The van der Waals surface area contributed by atoms with Gasteiger partial charge in [-0.3, -0.25) is 4.79 Å². The second kappa shape index (κ2) is 5.55. The van der Waals surface area contributed by atoms with Gasteiger partial charge in [-0.15, -0.1) is 0 Å². The third-order valence-corrected chi connectivity index (χ3v) is 3.07. The van der Waals surface area contributed by atoms with Crippen molar-refractivity contribution in [3.05, 3.63) is 26.8 Å². The Hall–Kier alpha value is -0.490. The number of benzene rings is 1. The van der Waals surface area contributed by atoms with Crippen LogP contribution in [0.5, 0.6) is 0 Å². The second-order valence-corrected chi connectivity index (χ2v) is 4.70. The molecular weight excluding hydrogens is 326 g/mol. The number of amides is 1. The molecule has 0 saturated carbocycles. The smallest absolute Gasteiger partial charge is 0.241 e. The first-order valence-electron chi connectivity index (χ1n) is 4.47. The van der Waals surface area contributed by atoms with Gasteiger partial charge in [-0.2, -0.15) is 0 Å². The van der Waals surface area contributed by atoms with Crippen LogP contribution in [-0.4, -0.2) is 19.0 Å². The van der Waals surface area contributed by atoms with Crippen LogP contribution in [0.1, 0.15) is 6.92 Å². The van der Waals surface area contributed by atoms with Crippen LogP contribution in [0.4, 0.5) is 5.69 Å². The van der Waals surface area contributed by atoms with Gasteiger partial charge in [0.1, 0.15) is 6.04 Å². The van der Waals surface area contributed by atoms with Crippen LogP contribution in [0, 0.1) is 3.57 Å². The molecule has 3 nitrogen and oxygen atoms in total. The van der Waals surface area contributed by atoms with E-state index in [1.807, 2.05) is 19.1 Å². The number of carbonyl (C=O) groups is 1. The summed E-state index contributed by atoms with van der Waals surface area (Å²) in [5.41, 5.74) is 0.913. The quantitative estimate of drug-likeness (QED) is 0.832. The van der Waals surface area contributed by atoms with Crippen LogP contribution in [0.25, 0.3) is 0 Å². The van der Waals surface area contributed by atoms with E-state index in [0.717, 1.165) is 9.26 Å². The summed E-state index contributed by atoms with van der Waals surface area (Å²) >= 11 is 8.01. The number of hydrogen-bond acceptors (Lipinski definition) is 2. The lowest BCUT2D eigenvalue weighted by atomic mass is 10.2. The van der Waals surface area contributed by atoms with Crippen LogP contribution in [0.15, 0.2) is 18.2 Å². The van der Waals surface area contributed by atoms with E-state index in [0.29, 0.717) is 5.02 Å². The molecule has 15 heavy (non-hydrogen) atoms. The molecule has 1 aromatic rings. The molecule has 82 valence electrons. The molecule has 0 radical (unpaired) electrons. The molecule has 0 aromatic heterocycles. The lowest BCUT2D eigenvalue weighted by Crippen LogP contribution is -2.35. The summed E-state index contributed by atoms with van der Waals surface area (Å²) in [6.45, 7) is 1.81. The highest BCUT2D eigenvalue weighted by Crippen LogP contribution is 2.22. The normalized spacial score (nSPS) is 12.0. The van der Waals surface area contributed by atoms with E-state index < -0.39 is 0 Å². The van der Waals surface area contributed by atoms with Crippen molar-refractivity contribution in [2.45, 2.75) is 13.0 Å². The third kappa shape index (κ3) is 3.53. The van der Waals surface area contributed by atoms with E-state index in [9.17, 15) is 4.79 Å². The molecule has 0 spiro atoms. The lowest BCUT2D eigenvalue weighted by Gasteiger charge is -2.14. The van der Waals surface area contributed by atoms with E-state index in [1.165, 1.54) is 0 Å². The molecule has 2 N–H and O–H groups in total. The molecule has 0 bridgehead atoms. The minimum Gasteiger partial charge on any atom is -0.373 e. The molecule has 0 fully saturated rings. The Bertz CT molecular complexity index is 370. The van der Waals surface area contributed by atoms with E-state index in [2.05, 4.69) is 33.2 Å². The minimum absolute atomic E-state index is 0.0410. The highest BCUT2D eigenvalue weighted by molar-refractivity contribution is 14.1. The van der Waals surface area contributed by atoms with Gasteiger partial charge in [0, 0.05) is 21.3 Å². The zero-order chi connectivity index (χ0) is 11.4. The number of hydrogen-bond donors (Lipinski definition) is 2. The highest BCUT2D eigenvalue weighted by Gasteiger charge is 2.11. The van der Waals surface area contributed by atoms with Crippen molar-refractivity contribution in [3.8, 4) is 0 Å². The van der Waals surface area contributed by atoms with Gasteiger partial charge in [-0.05, 0) is 47.7 Å². The van der Waals surface area contributed by atoms with Gasteiger partial charge in [0.25, 0.3) is 0 Å². The van der Waals surface area contributed by atoms with Crippen LogP contribution in [0.2, 0.25) is 5.02 Å². The van der Waals surface area contributed by atoms with Crippen molar-refractivity contribution in [1.29, 1.82) is 0 Å². The fourth-order valence-electron chi connectivity index (χ4n) is 1.12. The van der Waals surface area contributed by atoms with E-state index >= 15 is 0 Å². The molecule has 0 aliphatic rings. The summed E-state index contributed by atoms with van der Waals surface area (Å²) in [5, 5.41) is 6.39. The predicted molar refractivity (Wildman–Crippen MR) is 71.3 cm³/mol. The molecule has 1 atom stereocenters. The number of anilines is 1. The van der Waals surface area contributed by atoms with Gasteiger partial charge in [0.05, 0.1) is 0 Å². The molecule has 0 aliphatic heterocycles. The number of nitrogens with one attached hydrogen (secondary N) is 2. The first kappa shape index (κ1) is 12.6. The fraction of sp³-hybridized carbons (Fsp3) is 0.300. The predicted octanol–water partition coefficient (Wildman–Crippen LogP) is 2.49. The molecule has 0 heterocycles. The Kier molecular flexibility index (Phi) is 4.66. The largest absolute Gasteiger partial charge is 0.373 e. The van der Waals surface area contributed by atoms with Gasteiger partial charge in [0.2, 0.25) is 5.91 Å². The molecule has 5 heteroatoms. The Morgan fingerprint density at radius 1 is 1.53 bits per heavy atom. The summed E-state index contributed by atoms with van der Waals surface area (Å²) in [6.07, 6.45) is 0. The maximum absolute atomic E-state index is 11.3. The summed E-state index contributed by atoms with van der Waals surface area (Å²) in [6, 6.07) is 5.25. The molecule has 0 aliphatic carbocycles. The summed E-state index contributed by atoms with van der Waals surface area (Å²) in [4.78, 5) is 11.3. The number of halogens is 2.